The smallest absolute Gasteiger partial charge is 0.295 e. The van der Waals surface area contributed by atoms with E-state index in [0.717, 1.165) is 18.2 Å². The first-order valence-corrected chi connectivity index (χ1v) is 8.61. The SMILES string of the molecule is CC(=O)c1ccc(C2=CC(c3cc(Cl)cc(Cl)c3)(C(F)(F)F)ON2)cc1C. The number of rotatable bonds is 3. The van der Waals surface area contributed by atoms with E-state index < -0.39 is 11.8 Å². The number of carbonyl (C=O) groups is 1. The first kappa shape index (κ1) is 19.7. The lowest BCUT2D eigenvalue weighted by Crippen LogP contribution is -2.42. The Morgan fingerprint density at radius 3 is 2.26 bits per heavy atom. The van der Waals surface area contributed by atoms with Gasteiger partial charge in [0.2, 0.25) is 5.60 Å². The van der Waals surface area contributed by atoms with Crippen molar-refractivity contribution in [2.75, 3.05) is 0 Å². The third kappa shape index (κ3) is 3.57. The standard InChI is InChI=1S/C19H14Cl2F3NO2/c1-10-5-12(3-4-16(10)11(2)26)17-9-18(27-25-17,19(22,23)24)13-6-14(20)8-15(21)7-13/h3-9,25H,1-2H3. The predicted molar refractivity (Wildman–Crippen MR) is 97.6 cm³/mol. The van der Waals surface area contributed by atoms with Gasteiger partial charge >= 0.3 is 6.18 Å². The van der Waals surface area contributed by atoms with Gasteiger partial charge in [-0.1, -0.05) is 35.3 Å². The summed E-state index contributed by atoms with van der Waals surface area (Å²) < 4.78 is 41.9. The average molecular weight is 416 g/mol. The Morgan fingerprint density at radius 1 is 1.11 bits per heavy atom. The molecule has 2 aromatic rings. The van der Waals surface area contributed by atoms with Crippen molar-refractivity contribution in [3.8, 4) is 0 Å². The monoisotopic (exact) mass is 415 g/mol. The summed E-state index contributed by atoms with van der Waals surface area (Å²) in [6.45, 7) is 3.14. The molecule has 1 heterocycles. The minimum Gasteiger partial charge on any atom is -0.295 e. The Morgan fingerprint density at radius 2 is 1.74 bits per heavy atom. The van der Waals surface area contributed by atoms with Crippen LogP contribution in [-0.4, -0.2) is 12.0 Å². The summed E-state index contributed by atoms with van der Waals surface area (Å²) in [6, 6.07) is 8.41. The van der Waals surface area contributed by atoms with E-state index in [1.54, 1.807) is 25.1 Å². The largest absolute Gasteiger partial charge is 0.428 e. The van der Waals surface area contributed by atoms with Crippen LogP contribution in [0.25, 0.3) is 5.70 Å². The molecule has 2 aromatic carbocycles. The molecule has 8 heteroatoms. The molecule has 1 N–H and O–H groups in total. The van der Waals surface area contributed by atoms with Crippen molar-refractivity contribution in [2.24, 2.45) is 0 Å². The predicted octanol–water partition coefficient (Wildman–Crippen LogP) is 5.84. The molecule has 1 aliphatic rings. The zero-order chi connectivity index (χ0) is 20.0. The molecular weight excluding hydrogens is 402 g/mol. The van der Waals surface area contributed by atoms with E-state index in [1.165, 1.54) is 13.0 Å². The second-order valence-electron chi connectivity index (χ2n) is 6.24. The number of halogens is 5. The van der Waals surface area contributed by atoms with E-state index in [1.807, 2.05) is 0 Å². The van der Waals surface area contributed by atoms with Crippen LogP contribution in [0.5, 0.6) is 0 Å². The highest BCUT2D eigenvalue weighted by Gasteiger charge is 2.59. The number of ketones is 1. The lowest BCUT2D eigenvalue weighted by Gasteiger charge is -2.28. The van der Waals surface area contributed by atoms with Crippen LogP contribution in [-0.2, 0) is 10.4 Å². The van der Waals surface area contributed by atoms with Gasteiger partial charge in [-0.3, -0.25) is 15.1 Å². The first-order chi connectivity index (χ1) is 12.5. The molecule has 0 saturated carbocycles. The normalized spacial score (nSPS) is 19.6. The second kappa shape index (κ2) is 6.86. The van der Waals surface area contributed by atoms with Gasteiger partial charge in [-0.25, -0.2) is 0 Å². The Balaban J connectivity index is 2.12. The molecule has 1 atom stereocenters. The molecule has 1 aliphatic heterocycles. The molecule has 27 heavy (non-hydrogen) atoms. The fourth-order valence-electron chi connectivity index (χ4n) is 2.98. The molecule has 0 fully saturated rings. The highest BCUT2D eigenvalue weighted by Crippen LogP contribution is 2.48. The molecule has 0 aromatic heterocycles. The van der Waals surface area contributed by atoms with E-state index >= 15 is 0 Å². The lowest BCUT2D eigenvalue weighted by atomic mass is 9.91. The third-order valence-corrected chi connectivity index (χ3v) is 4.74. The Bertz CT molecular complexity index is 936. The summed E-state index contributed by atoms with van der Waals surface area (Å²) in [5, 5.41) is 0.126. The molecule has 0 saturated heterocycles. The van der Waals surface area contributed by atoms with E-state index in [9.17, 15) is 18.0 Å². The first-order valence-electron chi connectivity index (χ1n) is 7.85. The van der Waals surface area contributed by atoms with Gasteiger partial charge in [-0.2, -0.15) is 13.2 Å². The summed E-state index contributed by atoms with van der Waals surface area (Å²) in [4.78, 5) is 16.6. The lowest BCUT2D eigenvalue weighted by molar-refractivity contribution is -0.269. The van der Waals surface area contributed by atoms with E-state index in [4.69, 9.17) is 28.0 Å². The molecule has 1 unspecified atom stereocenters. The van der Waals surface area contributed by atoms with Crippen LogP contribution < -0.4 is 5.48 Å². The van der Waals surface area contributed by atoms with Gasteiger partial charge in [0, 0.05) is 21.2 Å². The zero-order valence-electron chi connectivity index (χ0n) is 14.2. The molecule has 0 bridgehead atoms. The number of nitrogens with one attached hydrogen (secondary N) is 1. The van der Waals surface area contributed by atoms with E-state index in [2.05, 4.69) is 5.48 Å². The van der Waals surface area contributed by atoms with Crippen molar-refractivity contribution >= 4 is 34.7 Å². The van der Waals surface area contributed by atoms with Crippen molar-refractivity contribution in [1.82, 2.24) is 5.48 Å². The molecular formula is C19H14Cl2F3NO2. The fraction of sp³-hybridized carbons (Fsp3) is 0.211. The Hall–Kier alpha value is -2.02. The maximum atomic E-state index is 14.0. The van der Waals surface area contributed by atoms with Crippen LogP contribution in [0, 0.1) is 6.92 Å². The molecule has 0 spiro atoms. The average Bonchev–Trinajstić information content (AvgIpc) is 3.00. The van der Waals surface area contributed by atoms with Crippen molar-refractivity contribution in [1.29, 1.82) is 0 Å². The highest BCUT2D eigenvalue weighted by molar-refractivity contribution is 6.34. The summed E-state index contributed by atoms with van der Waals surface area (Å²) >= 11 is 11.8. The number of hydrogen-bond acceptors (Lipinski definition) is 3. The number of hydrogen-bond donors (Lipinski definition) is 1. The maximum Gasteiger partial charge on any atom is 0.428 e. The molecule has 3 rings (SSSR count). The molecule has 3 nitrogen and oxygen atoms in total. The van der Waals surface area contributed by atoms with Gasteiger partial charge in [0.25, 0.3) is 0 Å². The van der Waals surface area contributed by atoms with Crippen molar-refractivity contribution in [3.63, 3.8) is 0 Å². The summed E-state index contributed by atoms with van der Waals surface area (Å²) in [5.74, 6) is -0.123. The van der Waals surface area contributed by atoms with Crippen LogP contribution in [0.2, 0.25) is 10.0 Å². The summed E-state index contributed by atoms with van der Waals surface area (Å²) in [6.07, 6.45) is -3.83. The summed E-state index contributed by atoms with van der Waals surface area (Å²) in [5.41, 5.74) is 1.10. The van der Waals surface area contributed by atoms with E-state index in [-0.39, 0.29) is 27.1 Å². The maximum absolute atomic E-state index is 14.0. The van der Waals surface area contributed by atoms with Crippen LogP contribution >= 0.6 is 23.2 Å². The van der Waals surface area contributed by atoms with E-state index in [0.29, 0.717) is 16.7 Å². The molecule has 0 aliphatic carbocycles. The van der Waals surface area contributed by atoms with Gasteiger partial charge in [0.1, 0.15) is 0 Å². The number of alkyl halides is 3. The van der Waals surface area contributed by atoms with Gasteiger partial charge in [0.15, 0.2) is 5.78 Å². The topological polar surface area (TPSA) is 38.3 Å². The minimum atomic E-state index is -4.77. The number of aryl methyl sites for hydroxylation is 1. The number of hydroxylamine groups is 1. The van der Waals surface area contributed by atoms with Gasteiger partial charge in [0.05, 0.1) is 5.70 Å². The van der Waals surface area contributed by atoms with Crippen molar-refractivity contribution < 1.29 is 22.8 Å². The van der Waals surface area contributed by atoms with Gasteiger partial charge in [-0.15, -0.1) is 0 Å². The summed E-state index contributed by atoms with van der Waals surface area (Å²) in [7, 11) is 0. The molecule has 0 amide bonds. The molecule has 0 radical (unpaired) electrons. The molecule has 142 valence electrons. The third-order valence-electron chi connectivity index (χ3n) is 4.30. The Labute approximate surface area is 163 Å². The fourth-order valence-corrected chi connectivity index (χ4v) is 3.51. The number of Topliss-reactive ketones (excluding diaryl/α,β-unsaturated/α-hetero) is 1. The minimum absolute atomic E-state index is 0.0632. The van der Waals surface area contributed by atoms with Crippen LogP contribution in [0.1, 0.15) is 34.0 Å². The second-order valence-corrected chi connectivity index (χ2v) is 7.11. The van der Waals surface area contributed by atoms with Crippen LogP contribution in [0.15, 0.2) is 42.5 Å². The Kier molecular flexibility index (Phi) is 5.01. The number of carbonyl (C=O) groups excluding carboxylic acids is 1. The highest BCUT2D eigenvalue weighted by atomic mass is 35.5. The van der Waals surface area contributed by atoms with Crippen molar-refractivity contribution in [2.45, 2.75) is 25.6 Å². The quantitative estimate of drug-likeness (QED) is 0.640. The van der Waals surface area contributed by atoms with Gasteiger partial charge in [-0.05, 0) is 55.3 Å². The zero-order valence-corrected chi connectivity index (χ0v) is 15.8. The van der Waals surface area contributed by atoms with Crippen LogP contribution in [0.4, 0.5) is 13.2 Å². The van der Waals surface area contributed by atoms with Crippen LogP contribution in [0.3, 0.4) is 0 Å². The number of benzene rings is 2. The van der Waals surface area contributed by atoms with Gasteiger partial charge < -0.3 is 0 Å². The van der Waals surface area contributed by atoms with Crippen molar-refractivity contribution in [3.05, 3.63) is 74.8 Å².